The molecule has 0 atom stereocenters. The molecule has 0 unspecified atom stereocenters. The van der Waals surface area contributed by atoms with Gasteiger partial charge >= 0.3 is 5.69 Å². The Morgan fingerprint density at radius 3 is 2.41 bits per heavy atom. The van der Waals surface area contributed by atoms with Crippen LogP contribution in [0.4, 0.5) is 5.69 Å². The minimum atomic E-state index is -0.0585. The summed E-state index contributed by atoms with van der Waals surface area (Å²) in [6, 6.07) is 17.7. The molecule has 0 spiro atoms. The quantitative estimate of drug-likeness (QED) is 0.440. The number of nitrogens with zero attached hydrogens (tertiary/aromatic N) is 4. The summed E-state index contributed by atoms with van der Waals surface area (Å²) in [6.07, 6.45) is 2.82. The van der Waals surface area contributed by atoms with Gasteiger partial charge in [-0.1, -0.05) is 37.3 Å². The Morgan fingerprint density at radius 1 is 0.941 bits per heavy atom. The van der Waals surface area contributed by atoms with Crippen molar-refractivity contribution in [2.45, 2.75) is 33.4 Å². The second-order valence-corrected chi connectivity index (χ2v) is 8.60. The van der Waals surface area contributed by atoms with Crippen LogP contribution in [0.3, 0.4) is 0 Å². The van der Waals surface area contributed by atoms with Gasteiger partial charge in [-0.05, 0) is 31.5 Å². The van der Waals surface area contributed by atoms with Crippen molar-refractivity contribution < 1.29 is 4.74 Å². The van der Waals surface area contributed by atoms with Gasteiger partial charge in [-0.2, -0.15) is 0 Å². The maximum absolute atomic E-state index is 13.5. The Hall–Kier alpha value is -3.58. The number of pyridine rings is 1. The topological polar surface area (TPSA) is 61.4 Å². The van der Waals surface area contributed by atoms with E-state index in [2.05, 4.69) is 17.9 Å². The third-order valence-corrected chi connectivity index (χ3v) is 6.49. The van der Waals surface area contributed by atoms with Gasteiger partial charge in [0.2, 0.25) is 0 Å². The highest BCUT2D eigenvalue weighted by molar-refractivity contribution is 5.93. The van der Waals surface area contributed by atoms with E-state index in [4.69, 9.17) is 4.74 Å². The van der Waals surface area contributed by atoms with Gasteiger partial charge in [0.25, 0.3) is 5.56 Å². The van der Waals surface area contributed by atoms with Crippen LogP contribution in [-0.4, -0.2) is 40.0 Å². The number of aryl methyl sites for hydroxylation is 2. The fourth-order valence-electron chi connectivity index (χ4n) is 4.84. The zero-order chi connectivity index (χ0) is 23.7. The largest absolute Gasteiger partial charge is 0.378 e. The number of imidazole rings is 1. The predicted molar refractivity (Wildman–Crippen MR) is 136 cm³/mol. The maximum atomic E-state index is 13.5. The minimum absolute atomic E-state index is 0.0134. The fourth-order valence-corrected chi connectivity index (χ4v) is 4.84. The van der Waals surface area contributed by atoms with Crippen molar-refractivity contribution in [3.63, 3.8) is 0 Å². The van der Waals surface area contributed by atoms with Gasteiger partial charge in [-0.25, -0.2) is 4.79 Å². The Morgan fingerprint density at radius 2 is 1.71 bits per heavy atom. The van der Waals surface area contributed by atoms with E-state index in [-0.39, 0.29) is 11.2 Å². The highest BCUT2D eigenvalue weighted by atomic mass is 16.5. The van der Waals surface area contributed by atoms with Crippen LogP contribution in [0, 0.1) is 0 Å². The maximum Gasteiger partial charge on any atom is 0.333 e. The van der Waals surface area contributed by atoms with E-state index in [1.54, 1.807) is 19.8 Å². The van der Waals surface area contributed by atoms with Gasteiger partial charge in [0.05, 0.1) is 35.8 Å². The molecule has 2 aromatic carbocycles. The molecule has 5 rings (SSSR count). The number of anilines is 1. The van der Waals surface area contributed by atoms with Crippen LogP contribution >= 0.6 is 0 Å². The van der Waals surface area contributed by atoms with Gasteiger partial charge < -0.3 is 14.2 Å². The second-order valence-electron chi connectivity index (χ2n) is 8.60. The molecule has 1 fully saturated rings. The first-order chi connectivity index (χ1) is 16.6. The predicted octanol–water partition coefficient (Wildman–Crippen LogP) is 3.89. The Kier molecular flexibility index (Phi) is 6.11. The molecule has 1 aliphatic rings. The number of morpholine rings is 1. The molecule has 7 heteroatoms. The lowest BCUT2D eigenvalue weighted by molar-refractivity contribution is 0.123. The van der Waals surface area contributed by atoms with Gasteiger partial charge in [0, 0.05) is 49.4 Å². The van der Waals surface area contributed by atoms with Crippen LogP contribution in [0.15, 0.2) is 70.4 Å². The van der Waals surface area contributed by atoms with Gasteiger partial charge in [0.15, 0.2) is 0 Å². The van der Waals surface area contributed by atoms with E-state index in [0.29, 0.717) is 26.3 Å². The molecule has 0 amide bonds. The molecular formula is C27H30N4O3. The van der Waals surface area contributed by atoms with Crippen LogP contribution in [0.5, 0.6) is 0 Å². The summed E-state index contributed by atoms with van der Waals surface area (Å²) in [6.45, 7) is 8.03. The Labute approximate surface area is 198 Å². The van der Waals surface area contributed by atoms with Gasteiger partial charge in [-0.15, -0.1) is 0 Å². The monoisotopic (exact) mass is 458 g/mol. The lowest BCUT2D eigenvalue weighted by atomic mass is 10.1. The molecule has 176 valence electrons. The first-order valence-corrected chi connectivity index (χ1v) is 12.0. The van der Waals surface area contributed by atoms with Crippen molar-refractivity contribution in [2.24, 2.45) is 0 Å². The zero-order valence-electron chi connectivity index (χ0n) is 19.7. The summed E-state index contributed by atoms with van der Waals surface area (Å²) in [4.78, 5) is 28.6. The van der Waals surface area contributed by atoms with Crippen LogP contribution in [0.25, 0.3) is 27.8 Å². The fraction of sp³-hybridized carbons (Fsp3) is 0.333. The number of hydrogen-bond donors (Lipinski definition) is 0. The number of hydrogen-bond acceptors (Lipinski definition) is 4. The van der Waals surface area contributed by atoms with Crippen molar-refractivity contribution in [1.82, 2.24) is 13.7 Å². The van der Waals surface area contributed by atoms with Crippen LogP contribution in [0.2, 0.25) is 0 Å². The minimum Gasteiger partial charge on any atom is -0.378 e. The Balaban J connectivity index is 1.76. The van der Waals surface area contributed by atoms with Crippen LogP contribution in [-0.2, 0) is 17.8 Å². The number of benzene rings is 2. The van der Waals surface area contributed by atoms with E-state index in [1.165, 1.54) is 0 Å². The third-order valence-electron chi connectivity index (χ3n) is 6.49. The van der Waals surface area contributed by atoms with Gasteiger partial charge in [0.1, 0.15) is 0 Å². The SMILES string of the molecule is CCCn1cc(-c2ccccc2)n(-c2ccc3c(c2)c(N2CCOCC2)cc(=O)n3CC)c1=O. The number of fused-ring (bicyclic) bond motifs is 1. The van der Waals surface area contributed by atoms with Crippen LogP contribution < -0.4 is 16.1 Å². The molecule has 7 nitrogen and oxygen atoms in total. The summed E-state index contributed by atoms with van der Waals surface area (Å²) in [5, 5.41) is 0.968. The average molecular weight is 459 g/mol. The van der Waals surface area contributed by atoms with E-state index >= 15 is 0 Å². The summed E-state index contributed by atoms with van der Waals surface area (Å²) < 4.78 is 10.9. The van der Waals surface area contributed by atoms with E-state index < -0.39 is 0 Å². The van der Waals surface area contributed by atoms with Crippen molar-refractivity contribution in [2.75, 3.05) is 31.2 Å². The highest BCUT2D eigenvalue weighted by Gasteiger charge is 2.19. The molecule has 4 aromatic rings. The molecule has 0 aliphatic carbocycles. The summed E-state index contributed by atoms with van der Waals surface area (Å²) in [7, 11) is 0. The standard InChI is InChI=1S/C27H30N4O3/c1-3-12-29-19-25(20-8-6-5-7-9-20)31(27(29)33)21-10-11-23-22(17-21)24(18-26(32)30(23)4-2)28-13-15-34-16-14-28/h5-11,17-19H,3-4,12-16H2,1-2H3. The van der Waals surface area contributed by atoms with Crippen molar-refractivity contribution in [3.8, 4) is 16.9 Å². The summed E-state index contributed by atoms with van der Waals surface area (Å²) in [5.41, 5.74) is 4.34. The first kappa shape index (κ1) is 22.2. The lowest BCUT2D eigenvalue weighted by Gasteiger charge is -2.30. The van der Waals surface area contributed by atoms with Crippen LogP contribution in [0.1, 0.15) is 20.3 Å². The Bertz CT molecular complexity index is 1430. The number of rotatable bonds is 6. The molecule has 0 radical (unpaired) electrons. The molecule has 0 N–H and O–H groups in total. The molecule has 3 heterocycles. The molecule has 0 bridgehead atoms. The van der Waals surface area contributed by atoms with Crippen molar-refractivity contribution in [1.29, 1.82) is 0 Å². The highest BCUT2D eigenvalue weighted by Crippen LogP contribution is 2.30. The molecule has 1 aliphatic heterocycles. The molecule has 34 heavy (non-hydrogen) atoms. The van der Waals surface area contributed by atoms with Crippen molar-refractivity contribution in [3.05, 3.63) is 81.6 Å². The van der Waals surface area contributed by atoms with E-state index in [0.717, 1.165) is 53.0 Å². The van der Waals surface area contributed by atoms with Crippen molar-refractivity contribution >= 4 is 16.6 Å². The molecule has 2 aromatic heterocycles. The van der Waals surface area contributed by atoms with E-state index in [9.17, 15) is 9.59 Å². The normalized spacial score (nSPS) is 14.1. The number of aromatic nitrogens is 3. The third kappa shape index (κ3) is 3.86. The first-order valence-electron chi connectivity index (χ1n) is 12.0. The lowest BCUT2D eigenvalue weighted by Crippen LogP contribution is -2.37. The second kappa shape index (κ2) is 9.35. The summed E-state index contributed by atoms with van der Waals surface area (Å²) in [5.74, 6) is 0. The molecule has 0 saturated carbocycles. The molecule has 1 saturated heterocycles. The smallest absolute Gasteiger partial charge is 0.333 e. The zero-order valence-corrected chi connectivity index (χ0v) is 19.7. The van der Waals surface area contributed by atoms with Gasteiger partial charge in [-0.3, -0.25) is 13.9 Å². The van der Waals surface area contributed by atoms with E-state index in [1.807, 2.05) is 55.6 Å². The number of ether oxygens (including phenoxy) is 1. The summed E-state index contributed by atoms with van der Waals surface area (Å²) >= 11 is 0. The average Bonchev–Trinajstić information content (AvgIpc) is 3.20. The molecular weight excluding hydrogens is 428 g/mol.